The summed E-state index contributed by atoms with van der Waals surface area (Å²) in [5, 5.41) is 8.65. The van der Waals surface area contributed by atoms with Crippen LogP contribution >= 0.6 is 0 Å². The van der Waals surface area contributed by atoms with Gasteiger partial charge in [0, 0.05) is 5.57 Å². The Morgan fingerprint density at radius 2 is 2.33 bits per heavy atom. The van der Waals surface area contributed by atoms with Gasteiger partial charge in [-0.25, -0.2) is 4.79 Å². The predicted molar refractivity (Wildman–Crippen MR) is 40.5 cm³/mol. The summed E-state index contributed by atoms with van der Waals surface area (Å²) in [6, 6.07) is 0. The largest absolute Gasteiger partial charge is 0.478 e. The average Bonchev–Trinajstić information content (AvgIpc) is 2.50. The van der Waals surface area contributed by atoms with Crippen LogP contribution in [0.1, 0.15) is 12.8 Å². The van der Waals surface area contributed by atoms with Crippen molar-refractivity contribution in [3.8, 4) is 0 Å². The molecule has 0 aliphatic heterocycles. The maximum Gasteiger partial charge on any atom is 0.332 e. The lowest BCUT2D eigenvalue weighted by Gasteiger charge is -2.07. The highest BCUT2D eigenvalue weighted by molar-refractivity contribution is 5.95. The van der Waals surface area contributed by atoms with Gasteiger partial charge in [0.2, 0.25) is 0 Å². The SMILES string of the molecule is COC(=O)[C@@H]1CCC=C1C(=O)O. The Morgan fingerprint density at radius 1 is 1.67 bits per heavy atom. The maximum atomic E-state index is 11.0. The molecule has 0 aromatic carbocycles. The number of esters is 1. The third kappa shape index (κ3) is 1.47. The van der Waals surface area contributed by atoms with Crippen LogP contribution in [-0.4, -0.2) is 24.2 Å². The van der Waals surface area contributed by atoms with Crippen LogP contribution in [0.4, 0.5) is 0 Å². The van der Waals surface area contributed by atoms with Crippen LogP contribution in [0, 0.1) is 5.92 Å². The van der Waals surface area contributed by atoms with E-state index in [0.29, 0.717) is 12.8 Å². The standard InChI is InChI=1S/C8H10O4/c1-12-8(11)6-4-2-3-5(6)7(9)10/h3,6H,2,4H2,1H3,(H,9,10)/t6-/m1/s1. The number of hydrogen-bond acceptors (Lipinski definition) is 3. The third-order valence-electron chi connectivity index (χ3n) is 1.93. The zero-order chi connectivity index (χ0) is 9.14. The second kappa shape index (κ2) is 3.38. The first-order chi connectivity index (χ1) is 5.66. The first-order valence-electron chi connectivity index (χ1n) is 3.68. The Morgan fingerprint density at radius 3 is 2.83 bits per heavy atom. The monoisotopic (exact) mass is 170 g/mol. The number of ether oxygens (including phenoxy) is 1. The topological polar surface area (TPSA) is 63.6 Å². The molecule has 1 atom stereocenters. The molecule has 66 valence electrons. The first kappa shape index (κ1) is 8.77. The lowest BCUT2D eigenvalue weighted by molar-refractivity contribution is -0.146. The van der Waals surface area contributed by atoms with Gasteiger partial charge >= 0.3 is 11.9 Å². The summed E-state index contributed by atoms with van der Waals surface area (Å²) < 4.78 is 4.47. The number of methoxy groups -OCH3 is 1. The maximum absolute atomic E-state index is 11.0. The quantitative estimate of drug-likeness (QED) is 0.616. The van der Waals surface area contributed by atoms with Crippen molar-refractivity contribution in [1.82, 2.24) is 0 Å². The summed E-state index contributed by atoms with van der Waals surface area (Å²) >= 11 is 0. The molecular formula is C8H10O4. The van der Waals surface area contributed by atoms with Crippen LogP contribution in [0.25, 0.3) is 0 Å². The zero-order valence-electron chi connectivity index (χ0n) is 6.74. The fourth-order valence-electron chi connectivity index (χ4n) is 1.33. The fraction of sp³-hybridized carbons (Fsp3) is 0.500. The lowest BCUT2D eigenvalue weighted by Crippen LogP contribution is -2.19. The van der Waals surface area contributed by atoms with E-state index in [-0.39, 0.29) is 5.57 Å². The Balaban J connectivity index is 2.74. The number of carboxylic acid groups (broad SMARTS) is 1. The van der Waals surface area contributed by atoms with Crippen molar-refractivity contribution in [2.75, 3.05) is 7.11 Å². The molecule has 4 heteroatoms. The summed E-state index contributed by atoms with van der Waals surface area (Å²) in [4.78, 5) is 21.6. The molecule has 0 amide bonds. The second-order valence-corrected chi connectivity index (χ2v) is 2.62. The summed E-state index contributed by atoms with van der Waals surface area (Å²) in [7, 11) is 1.26. The number of aliphatic carboxylic acids is 1. The van der Waals surface area contributed by atoms with Crippen LogP contribution in [0.2, 0.25) is 0 Å². The van der Waals surface area contributed by atoms with Crippen molar-refractivity contribution in [2.24, 2.45) is 5.92 Å². The molecule has 0 radical (unpaired) electrons. The minimum absolute atomic E-state index is 0.168. The summed E-state index contributed by atoms with van der Waals surface area (Å²) in [5.74, 6) is -2.04. The van der Waals surface area contributed by atoms with Crippen molar-refractivity contribution in [3.63, 3.8) is 0 Å². The Kier molecular flexibility index (Phi) is 2.47. The van der Waals surface area contributed by atoms with E-state index in [1.54, 1.807) is 6.08 Å². The van der Waals surface area contributed by atoms with E-state index in [1.165, 1.54) is 7.11 Å². The molecule has 1 aliphatic rings. The third-order valence-corrected chi connectivity index (χ3v) is 1.93. The molecule has 12 heavy (non-hydrogen) atoms. The van der Waals surface area contributed by atoms with Crippen LogP contribution in [0.3, 0.4) is 0 Å². The van der Waals surface area contributed by atoms with Crippen molar-refractivity contribution < 1.29 is 19.4 Å². The van der Waals surface area contributed by atoms with Crippen molar-refractivity contribution >= 4 is 11.9 Å². The highest BCUT2D eigenvalue weighted by Crippen LogP contribution is 2.26. The minimum Gasteiger partial charge on any atom is -0.478 e. The van der Waals surface area contributed by atoms with E-state index in [1.807, 2.05) is 0 Å². The van der Waals surface area contributed by atoms with Crippen molar-refractivity contribution in [3.05, 3.63) is 11.6 Å². The van der Waals surface area contributed by atoms with Gasteiger partial charge in [-0.2, -0.15) is 0 Å². The van der Waals surface area contributed by atoms with Gasteiger partial charge in [-0.3, -0.25) is 4.79 Å². The van der Waals surface area contributed by atoms with E-state index < -0.39 is 17.9 Å². The molecule has 0 spiro atoms. The molecule has 4 nitrogen and oxygen atoms in total. The summed E-state index contributed by atoms with van der Waals surface area (Å²) in [5.41, 5.74) is 0.168. The van der Waals surface area contributed by atoms with Crippen molar-refractivity contribution in [1.29, 1.82) is 0 Å². The predicted octanol–water partition coefficient (Wildman–Crippen LogP) is 0.580. The van der Waals surface area contributed by atoms with E-state index in [0.717, 1.165) is 0 Å². The van der Waals surface area contributed by atoms with Gasteiger partial charge in [-0.1, -0.05) is 6.08 Å². The Bertz CT molecular complexity index is 241. The molecular weight excluding hydrogens is 160 g/mol. The van der Waals surface area contributed by atoms with Crippen LogP contribution in [-0.2, 0) is 14.3 Å². The van der Waals surface area contributed by atoms with Gasteiger partial charge in [0.1, 0.15) is 0 Å². The zero-order valence-corrected chi connectivity index (χ0v) is 6.74. The average molecular weight is 170 g/mol. The van der Waals surface area contributed by atoms with E-state index in [4.69, 9.17) is 5.11 Å². The summed E-state index contributed by atoms with van der Waals surface area (Å²) in [6.45, 7) is 0. The lowest BCUT2D eigenvalue weighted by atomic mass is 10.0. The number of carbonyl (C=O) groups is 2. The number of carboxylic acids is 1. The first-order valence-corrected chi connectivity index (χ1v) is 3.68. The molecule has 1 N–H and O–H groups in total. The van der Waals surface area contributed by atoms with E-state index in [2.05, 4.69) is 4.74 Å². The van der Waals surface area contributed by atoms with Gasteiger partial charge in [-0.15, -0.1) is 0 Å². The molecule has 0 saturated heterocycles. The number of rotatable bonds is 2. The number of allylic oxidation sites excluding steroid dienone is 1. The molecule has 0 aromatic rings. The molecule has 0 heterocycles. The normalized spacial score (nSPS) is 21.8. The van der Waals surface area contributed by atoms with Gasteiger partial charge in [0.25, 0.3) is 0 Å². The molecule has 0 bridgehead atoms. The molecule has 0 fully saturated rings. The number of carbonyl (C=O) groups excluding carboxylic acids is 1. The van der Waals surface area contributed by atoms with Crippen LogP contribution < -0.4 is 0 Å². The molecule has 0 saturated carbocycles. The highest BCUT2D eigenvalue weighted by atomic mass is 16.5. The van der Waals surface area contributed by atoms with Crippen LogP contribution in [0.5, 0.6) is 0 Å². The van der Waals surface area contributed by atoms with Crippen LogP contribution in [0.15, 0.2) is 11.6 Å². The fourth-order valence-corrected chi connectivity index (χ4v) is 1.33. The molecule has 1 rings (SSSR count). The highest BCUT2D eigenvalue weighted by Gasteiger charge is 2.31. The molecule has 1 aliphatic carbocycles. The van der Waals surface area contributed by atoms with E-state index >= 15 is 0 Å². The van der Waals surface area contributed by atoms with Gasteiger partial charge in [0.05, 0.1) is 13.0 Å². The molecule has 0 unspecified atom stereocenters. The molecule has 0 aromatic heterocycles. The smallest absolute Gasteiger partial charge is 0.332 e. The Hall–Kier alpha value is -1.32. The van der Waals surface area contributed by atoms with E-state index in [9.17, 15) is 9.59 Å². The van der Waals surface area contributed by atoms with Gasteiger partial charge in [0.15, 0.2) is 0 Å². The van der Waals surface area contributed by atoms with Crippen molar-refractivity contribution in [2.45, 2.75) is 12.8 Å². The number of hydrogen-bond donors (Lipinski definition) is 1. The van der Waals surface area contributed by atoms with Gasteiger partial charge in [-0.05, 0) is 12.8 Å². The minimum atomic E-state index is -1.03. The second-order valence-electron chi connectivity index (χ2n) is 2.62. The summed E-state index contributed by atoms with van der Waals surface area (Å²) in [6.07, 6.45) is 2.76. The Labute approximate surface area is 69.8 Å². The van der Waals surface area contributed by atoms with Gasteiger partial charge < -0.3 is 9.84 Å².